The summed E-state index contributed by atoms with van der Waals surface area (Å²) in [7, 11) is 1.57. The molecule has 1 amide bonds. The normalized spacial score (nSPS) is 9.58. The van der Waals surface area contributed by atoms with Gasteiger partial charge in [0, 0.05) is 13.2 Å². The van der Waals surface area contributed by atoms with Crippen molar-refractivity contribution in [1.29, 1.82) is 0 Å². The van der Waals surface area contributed by atoms with Crippen LogP contribution in [-0.2, 0) is 0 Å². The van der Waals surface area contributed by atoms with Crippen LogP contribution in [0.3, 0.4) is 0 Å². The van der Waals surface area contributed by atoms with Gasteiger partial charge in [0.25, 0.3) is 5.91 Å². The Balaban J connectivity index is 3.09. The van der Waals surface area contributed by atoms with Gasteiger partial charge in [0.2, 0.25) is 0 Å². The number of aryl methyl sites for hydroxylation is 2. The molecule has 0 aromatic carbocycles. The fourth-order valence-electron chi connectivity index (χ4n) is 0.939. The maximum absolute atomic E-state index is 11.1. The third-order valence-corrected chi connectivity index (χ3v) is 1.51. The van der Waals surface area contributed by atoms with Crippen molar-refractivity contribution in [1.82, 2.24) is 15.3 Å². The van der Waals surface area contributed by atoms with Gasteiger partial charge in [-0.1, -0.05) is 0 Å². The zero-order valence-electron chi connectivity index (χ0n) is 7.38. The van der Waals surface area contributed by atoms with Crippen LogP contribution in [0.2, 0.25) is 0 Å². The highest BCUT2D eigenvalue weighted by Gasteiger charge is 2.08. The smallest absolute Gasteiger partial charge is 0.271 e. The van der Waals surface area contributed by atoms with Gasteiger partial charge in [-0.05, 0) is 13.8 Å². The van der Waals surface area contributed by atoms with Gasteiger partial charge in [-0.2, -0.15) is 0 Å². The monoisotopic (exact) mass is 165 g/mol. The van der Waals surface area contributed by atoms with E-state index in [0.717, 1.165) is 5.69 Å². The van der Waals surface area contributed by atoms with E-state index in [4.69, 9.17) is 0 Å². The molecule has 12 heavy (non-hydrogen) atoms. The lowest BCUT2D eigenvalue weighted by Crippen LogP contribution is -2.21. The third kappa shape index (κ3) is 1.58. The molecule has 64 valence electrons. The first-order valence-corrected chi connectivity index (χ1v) is 3.67. The van der Waals surface area contributed by atoms with Gasteiger partial charge in [0.1, 0.15) is 5.69 Å². The molecule has 0 bridgehead atoms. The summed E-state index contributed by atoms with van der Waals surface area (Å²) >= 11 is 0. The molecule has 0 spiro atoms. The van der Waals surface area contributed by atoms with Crippen molar-refractivity contribution in [2.24, 2.45) is 0 Å². The SMILES string of the molecule is CNC(=O)c1ncc(C)nc1C. The van der Waals surface area contributed by atoms with Crippen molar-refractivity contribution in [3.05, 3.63) is 23.3 Å². The van der Waals surface area contributed by atoms with Crippen molar-refractivity contribution < 1.29 is 4.79 Å². The Kier molecular flexibility index (Phi) is 2.38. The van der Waals surface area contributed by atoms with E-state index in [-0.39, 0.29) is 5.91 Å². The quantitative estimate of drug-likeness (QED) is 0.657. The number of rotatable bonds is 1. The summed E-state index contributed by atoms with van der Waals surface area (Å²) in [6, 6.07) is 0. The zero-order chi connectivity index (χ0) is 9.14. The molecule has 4 nitrogen and oxygen atoms in total. The fourth-order valence-corrected chi connectivity index (χ4v) is 0.939. The Bertz CT molecular complexity index is 309. The largest absolute Gasteiger partial charge is 0.354 e. The number of hydrogen-bond acceptors (Lipinski definition) is 3. The summed E-state index contributed by atoms with van der Waals surface area (Å²) < 4.78 is 0. The molecular formula is C8H11N3O. The Morgan fingerprint density at radius 1 is 1.50 bits per heavy atom. The van der Waals surface area contributed by atoms with Crippen LogP contribution in [0.5, 0.6) is 0 Å². The fraction of sp³-hybridized carbons (Fsp3) is 0.375. The molecule has 1 rings (SSSR count). The summed E-state index contributed by atoms with van der Waals surface area (Å²) in [6.45, 7) is 3.61. The first kappa shape index (κ1) is 8.64. The minimum absolute atomic E-state index is 0.194. The first-order valence-electron chi connectivity index (χ1n) is 3.67. The maximum atomic E-state index is 11.1. The highest BCUT2D eigenvalue weighted by molar-refractivity contribution is 5.92. The van der Waals surface area contributed by atoms with E-state index in [2.05, 4.69) is 15.3 Å². The van der Waals surface area contributed by atoms with Crippen molar-refractivity contribution >= 4 is 5.91 Å². The van der Waals surface area contributed by atoms with E-state index in [1.54, 1.807) is 20.2 Å². The second kappa shape index (κ2) is 3.30. The van der Waals surface area contributed by atoms with Crippen LogP contribution < -0.4 is 5.32 Å². The number of carbonyl (C=O) groups is 1. The number of nitrogens with one attached hydrogen (secondary N) is 1. The summed E-state index contributed by atoms with van der Waals surface area (Å²) in [5.41, 5.74) is 1.87. The molecule has 0 fully saturated rings. The first-order chi connectivity index (χ1) is 5.65. The number of aromatic nitrogens is 2. The van der Waals surface area contributed by atoms with Crippen LogP contribution in [0.4, 0.5) is 0 Å². The van der Waals surface area contributed by atoms with Gasteiger partial charge >= 0.3 is 0 Å². The van der Waals surface area contributed by atoms with Crippen LogP contribution in [0.1, 0.15) is 21.9 Å². The Morgan fingerprint density at radius 2 is 2.17 bits per heavy atom. The summed E-state index contributed by atoms with van der Waals surface area (Å²) in [4.78, 5) is 19.2. The molecule has 4 heteroatoms. The minimum Gasteiger partial charge on any atom is -0.354 e. The Labute approximate surface area is 71.0 Å². The van der Waals surface area contributed by atoms with Gasteiger partial charge in [-0.25, -0.2) is 4.98 Å². The van der Waals surface area contributed by atoms with E-state index < -0.39 is 0 Å². The second-order valence-corrected chi connectivity index (χ2v) is 2.52. The molecule has 0 aliphatic rings. The van der Waals surface area contributed by atoms with E-state index in [1.165, 1.54) is 0 Å². The summed E-state index contributed by atoms with van der Waals surface area (Å²) in [5, 5.41) is 2.50. The van der Waals surface area contributed by atoms with E-state index >= 15 is 0 Å². The number of amides is 1. The van der Waals surface area contributed by atoms with Crippen LogP contribution >= 0.6 is 0 Å². The molecule has 0 saturated heterocycles. The Hall–Kier alpha value is -1.45. The molecule has 0 aliphatic carbocycles. The van der Waals surface area contributed by atoms with Gasteiger partial charge in [0.05, 0.1) is 11.4 Å². The minimum atomic E-state index is -0.194. The average Bonchev–Trinajstić information content (AvgIpc) is 2.03. The standard InChI is InChI=1S/C8H11N3O/c1-5-4-10-7(6(2)11-5)8(12)9-3/h4H,1-3H3,(H,9,12). The third-order valence-electron chi connectivity index (χ3n) is 1.51. The van der Waals surface area contributed by atoms with E-state index in [1.807, 2.05) is 6.92 Å². The van der Waals surface area contributed by atoms with Crippen LogP contribution in [0.25, 0.3) is 0 Å². The van der Waals surface area contributed by atoms with Gasteiger partial charge in [0.15, 0.2) is 0 Å². The van der Waals surface area contributed by atoms with Crippen LogP contribution in [0, 0.1) is 13.8 Å². The predicted octanol–water partition coefficient (Wildman–Crippen LogP) is 0.453. The topological polar surface area (TPSA) is 54.9 Å². The molecule has 1 aromatic rings. The molecule has 1 aromatic heterocycles. The summed E-state index contributed by atoms with van der Waals surface area (Å²) in [6.07, 6.45) is 1.58. The molecule has 0 saturated carbocycles. The molecule has 0 radical (unpaired) electrons. The lowest BCUT2D eigenvalue weighted by Gasteiger charge is -2.02. The van der Waals surface area contributed by atoms with Crippen molar-refractivity contribution in [3.63, 3.8) is 0 Å². The average molecular weight is 165 g/mol. The maximum Gasteiger partial charge on any atom is 0.271 e. The number of hydrogen-bond donors (Lipinski definition) is 1. The lowest BCUT2D eigenvalue weighted by molar-refractivity contribution is 0.0957. The van der Waals surface area contributed by atoms with Gasteiger partial charge in [-0.3, -0.25) is 9.78 Å². The molecule has 0 unspecified atom stereocenters. The van der Waals surface area contributed by atoms with Crippen LogP contribution in [0.15, 0.2) is 6.20 Å². The summed E-state index contributed by atoms with van der Waals surface area (Å²) in [5.74, 6) is -0.194. The Morgan fingerprint density at radius 3 is 2.67 bits per heavy atom. The van der Waals surface area contributed by atoms with Crippen LogP contribution in [-0.4, -0.2) is 22.9 Å². The van der Waals surface area contributed by atoms with E-state index in [0.29, 0.717) is 11.4 Å². The van der Waals surface area contributed by atoms with Gasteiger partial charge in [-0.15, -0.1) is 0 Å². The van der Waals surface area contributed by atoms with E-state index in [9.17, 15) is 4.79 Å². The molecule has 1 heterocycles. The van der Waals surface area contributed by atoms with Crippen molar-refractivity contribution in [3.8, 4) is 0 Å². The number of nitrogens with zero attached hydrogens (tertiary/aromatic N) is 2. The molecule has 0 aliphatic heterocycles. The second-order valence-electron chi connectivity index (χ2n) is 2.52. The molecular weight excluding hydrogens is 154 g/mol. The number of carbonyl (C=O) groups excluding carboxylic acids is 1. The highest BCUT2D eigenvalue weighted by atomic mass is 16.1. The van der Waals surface area contributed by atoms with Crippen molar-refractivity contribution in [2.45, 2.75) is 13.8 Å². The van der Waals surface area contributed by atoms with Gasteiger partial charge < -0.3 is 5.32 Å². The molecule has 1 N–H and O–H groups in total. The zero-order valence-corrected chi connectivity index (χ0v) is 7.38. The highest BCUT2D eigenvalue weighted by Crippen LogP contribution is 2.01. The molecule has 0 atom stereocenters. The predicted molar refractivity (Wildman–Crippen MR) is 44.9 cm³/mol. The lowest BCUT2D eigenvalue weighted by atomic mass is 10.3. The van der Waals surface area contributed by atoms with Crippen molar-refractivity contribution in [2.75, 3.05) is 7.05 Å².